The topological polar surface area (TPSA) is 121 Å². The lowest BCUT2D eigenvalue weighted by atomic mass is 9.79. The molecule has 128 valence electrons. The maximum absolute atomic E-state index is 12.1. The number of ether oxygens (including phenoxy) is 1. The number of pyridine rings is 1. The summed E-state index contributed by atoms with van der Waals surface area (Å²) in [7, 11) is 1.73. The van der Waals surface area contributed by atoms with Crippen LogP contribution in [0.2, 0.25) is 0 Å². The first kappa shape index (κ1) is 17.7. The number of nitrogens with two attached hydrogens (primary N) is 1. The highest BCUT2D eigenvalue weighted by Crippen LogP contribution is 2.29. The Morgan fingerprint density at radius 3 is 2.71 bits per heavy atom. The van der Waals surface area contributed by atoms with Gasteiger partial charge in [-0.1, -0.05) is 0 Å². The van der Waals surface area contributed by atoms with Crippen molar-refractivity contribution in [3.63, 3.8) is 0 Å². The fourth-order valence-electron chi connectivity index (χ4n) is 2.57. The van der Waals surface area contributed by atoms with Gasteiger partial charge in [0.15, 0.2) is 0 Å². The number of nitrogens with one attached hydrogen (secondary N) is 1. The molecule has 2 heterocycles. The van der Waals surface area contributed by atoms with E-state index in [2.05, 4.69) is 10.3 Å². The van der Waals surface area contributed by atoms with Gasteiger partial charge in [-0.2, -0.15) is 5.26 Å². The molecule has 0 atom stereocenters. The van der Waals surface area contributed by atoms with Gasteiger partial charge < -0.3 is 20.7 Å². The second-order valence-electron chi connectivity index (χ2n) is 5.91. The Morgan fingerprint density at radius 2 is 2.17 bits per heavy atom. The van der Waals surface area contributed by atoms with Crippen LogP contribution >= 0.6 is 0 Å². The number of nitriles is 1. The lowest BCUT2D eigenvalue weighted by molar-refractivity contribution is -0.133. The summed E-state index contributed by atoms with van der Waals surface area (Å²) in [5.41, 5.74) is 5.24. The summed E-state index contributed by atoms with van der Waals surface area (Å²) >= 11 is 0. The molecule has 8 nitrogen and oxygen atoms in total. The molecule has 0 bridgehead atoms. The zero-order valence-corrected chi connectivity index (χ0v) is 13.6. The van der Waals surface area contributed by atoms with Crippen LogP contribution in [0.25, 0.3) is 0 Å². The van der Waals surface area contributed by atoms with Crippen molar-refractivity contribution in [1.82, 2.24) is 10.3 Å². The number of primary amides is 1. The molecule has 2 amide bonds. The van der Waals surface area contributed by atoms with Crippen LogP contribution < -0.4 is 16.0 Å². The lowest BCUT2D eigenvalue weighted by Crippen LogP contribution is -2.50. The van der Waals surface area contributed by atoms with Crippen LogP contribution in [-0.2, 0) is 14.3 Å². The number of anilines is 1. The summed E-state index contributed by atoms with van der Waals surface area (Å²) in [6.45, 7) is 1.23. The largest absolute Gasteiger partial charge is 0.381 e. The van der Waals surface area contributed by atoms with Gasteiger partial charge in [-0.15, -0.1) is 0 Å². The monoisotopic (exact) mass is 331 g/mol. The van der Waals surface area contributed by atoms with Crippen LogP contribution in [0.15, 0.2) is 18.3 Å². The Balaban J connectivity index is 1.89. The highest BCUT2D eigenvalue weighted by Gasteiger charge is 2.38. The van der Waals surface area contributed by atoms with Crippen LogP contribution in [0.3, 0.4) is 0 Å². The van der Waals surface area contributed by atoms with Crippen LogP contribution in [0.4, 0.5) is 5.82 Å². The van der Waals surface area contributed by atoms with Crippen molar-refractivity contribution in [2.45, 2.75) is 12.8 Å². The van der Waals surface area contributed by atoms with Crippen LogP contribution in [0, 0.1) is 16.7 Å². The van der Waals surface area contributed by atoms with Crippen molar-refractivity contribution in [3.8, 4) is 6.07 Å². The van der Waals surface area contributed by atoms with E-state index in [-0.39, 0.29) is 19.0 Å². The van der Waals surface area contributed by atoms with Crippen molar-refractivity contribution in [1.29, 1.82) is 5.26 Å². The number of carbonyl (C=O) groups is 2. The average molecular weight is 331 g/mol. The normalized spacial score (nSPS) is 16.0. The third kappa shape index (κ3) is 4.20. The highest BCUT2D eigenvalue weighted by molar-refractivity contribution is 5.84. The fourth-order valence-corrected chi connectivity index (χ4v) is 2.57. The third-order valence-corrected chi connectivity index (χ3v) is 4.25. The first-order valence-corrected chi connectivity index (χ1v) is 7.68. The number of likely N-dealkylation sites (N-methyl/N-ethyl adjacent to an activating group) is 1. The van der Waals surface area contributed by atoms with Gasteiger partial charge in [0.1, 0.15) is 11.9 Å². The molecule has 0 saturated carbocycles. The molecule has 0 unspecified atom stereocenters. The average Bonchev–Trinajstić information content (AvgIpc) is 2.60. The smallest absolute Gasteiger partial charge is 0.239 e. The van der Waals surface area contributed by atoms with Crippen molar-refractivity contribution in [3.05, 3.63) is 23.9 Å². The molecule has 1 aromatic rings. The first-order valence-electron chi connectivity index (χ1n) is 7.68. The van der Waals surface area contributed by atoms with Gasteiger partial charge in [-0.05, 0) is 25.0 Å². The van der Waals surface area contributed by atoms with E-state index in [1.54, 1.807) is 24.1 Å². The van der Waals surface area contributed by atoms with Crippen LogP contribution in [-0.4, -0.2) is 50.1 Å². The van der Waals surface area contributed by atoms with Gasteiger partial charge in [-0.3, -0.25) is 9.59 Å². The Bertz CT molecular complexity index is 632. The van der Waals surface area contributed by atoms with Crippen molar-refractivity contribution in [2.24, 2.45) is 11.1 Å². The van der Waals surface area contributed by atoms with E-state index in [0.717, 1.165) is 0 Å². The Labute approximate surface area is 140 Å². The molecule has 2 rings (SSSR count). The number of nitrogens with zero attached hydrogens (tertiary/aromatic N) is 3. The minimum Gasteiger partial charge on any atom is -0.381 e. The van der Waals surface area contributed by atoms with E-state index < -0.39 is 11.3 Å². The molecule has 8 heteroatoms. The molecule has 1 fully saturated rings. The molecule has 1 saturated heterocycles. The van der Waals surface area contributed by atoms with E-state index in [1.165, 1.54) is 6.20 Å². The highest BCUT2D eigenvalue weighted by atomic mass is 16.5. The van der Waals surface area contributed by atoms with E-state index in [4.69, 9.17) is 15.7 Å². The fraction of sp³-hybridized carbons (Fsp3) is 0.500. The van der Waals surface area contributed by atoms with Crippen molar-refractivity contribution >= 4 is 17.6 Å². The summed E-state index contributed by atoms with van der Waals surface area (Å²) in [6, 6.07) is 5.31. The van der Waals surface area contributed by atoms with Crippen LogP contribution in [0.1, 0.15) is 18.4 Å². The van der Waals surface area contributed by atoms with E-state index >= 15 is 0 Å². The standard InChI is InChI=1S/C16H21N5O3/c1-21(13-3-2-12(8-17)9-19-13)10-14(22)20-11-16(15(18)23)4-6-24-7-5-16/h2-3,9H,4-7,10-11H2,1H3,(H2,18,23)(H,20,22). The molecule has 1 aromatic heterocycles. The summed E-state index contributed by atoms with van der Waals surface area (Å²) in [5, 5.41) is 11.5. The Hall–Kier alpha value is -2.66. The molecule has 1 aliphatic heterocycles. The molecule has 0 spiro atoms. The second-order valence-corrected chi connectivity index (χ2v) is 5.91. The molecule has 0 radical (unpaired) electrons. The van der Waals surface area contributed by atoms with Gasteiger partial charge in [-0.25, -0.2) is 4.98 Å². The van der Waals surface area contributed by atoms with Crippen molar-refractivity contribution in [2.75, 3.05) is 38.3 Å². The molecule has 0 aliphatic carbocycles. The summed E-state index contributed by atoms with van der Waals surface area (Å²) in [5.74, 6) is -0.0520. The molecule has 3 N–H and O–H groups in total. The SMILES string of the molecule is CN(CC(=O)NCC1(C(N)=O)CCOCC1)c1ccc(C#N)cn1. The molecule has 24 heavy (non-hydrogen) atoms. The minimum atomic E-state index is -0.737. The number of amides is 2. The first-order chi connectivity index (χ1) is 11.5. The number of aromatic nitrogens is 1. The summed E-state index contributed by atoms with van der Waals surface area (Å²) in [6.07, 6.45) is 2.47. The second kappa shape index (κ2) is 7.75. The maximum atomic E-state index is 12.1. The number of hydrogen-bond donors (Lipinski definition) is 2. The van der Waals surface area contributed by atoms with Gasteiger partial charge >= 0.3 is 0 Å². The van der Waals surface area contributed by atoms with Gasteiger partial charge in [0.25, 0.3) is 0 Å². The molecule has 0 aromatic carbocycles. The van der Waals surface area contributed by atoms with E-state index in [0.29, 0.717) is 37.4 Å². The zero-order valence-electron chi connectivity index (χ0n) is 13.6. The molecule has 1 aliphatic rings. The predicted octanol–water partition coefficient (Wildman–Crippen LogP) is -0.212. The quantitative estimate of drug-likeness (QED) is 0.744. The molecular weight excluding hydrogens is 310 g/mol. The third-order valence-electron chi connectivity index (χ3n) is 4.25. The number of carbonyl (C=O) groups excluding carboxylic acids is 2. The Kier molecular flexibility index (Phi) is 5.71. The molecular formula is C16H21N5O3. The van der Waals surface area contributed by atoms with Crippen LogP contribution in [0.5, 0.6) is 0 Å². The van der Waals surface area contributed by atoms with Gasteiger partial charge in [0.05, 0.1) is 17.5 Å². The maximum Gasteiger partial charge on any atom is 0.239 e. The number of rotatable bonds is 6. The van der Waals surface area contributed by atoms with E-state index in [1.807, 2.05) is 6.07 Å². The van der Waals surface area contributed by atoms with Gasteiger partial charge in [0.2, 0.25) is 11.8 Å². The zero-order chi connectivity index (χ0) is 17.6. The Morgan fingerprint density at radius 1 is 1.46 bits per heavy atom. The van der Waals surface area contributed by atoms with E-state index in [9.17, 15) is 9.59 Å². The predicted molar refractivity (Wildman–Crippen MR) is 86.9 cm³/mol. The summed E-state index contributed by atoms with van der Waals surface area (Å²) in [4.78, 5) is 29.7. The lowest BCUT2D eigenvalue weighted by Gasteiger charge is -2.34. The van der Waals surface area contributed by atoms with Gasteiger partial charge in [0, 0.05) is 33.0 Å². The minimum absolute atomic E-state index is 0.0875. The number of hydrogen-bond acceptors (Lipinski definition) is 6. The van der Waals surface area contributed by atoms with Crippen molar-refractivity contribution < 1.29 is 14.3 Å². The summed E-state index contributed by atoms with van der Waals surface area (Å²) < 4.78 is 5.26.